The van der Waals surface area contributed by atoms with Gasteiger partial charge in [-0.3, -0.25) is 9.69 Å². The Hall–Kier alpha value is -1.95. The molecule has 4 rings (SSSR count). The maximum absolute atomic E-state index is 13.3. The number of amides is 1. The molecule has 6 heteroatoms. The molecule has 1 saturated carbocycles. The molecule has 2 fully saturated rings. The summed E-state index contributed by atoms with van der Waals surface area (Å²) in [4.78, 5) is 22.4. The van der Waals surface area contributed by atoms with Gasteiger partial charge in [0.2, 0.25) is 0 Å². The topological polar surface area (TPSA) is 53.7 Å². The molecule has 1 saturated heterocycles. The summed E-state index contributed by atoms with van der Waals surface area (Å²) in [5, 5.41) is 4.29. The number of hydrogen-bond acceptors (Lipinski definition) is 4. The second kappa shape index (κ2) is 6.99. The molecule has 26 heavy (non-hydrogen) atoms. The lowest BCUT2D eigenvalue weighted by molar-refractivity contribution is 0.0702. The summed E-state index contributed by atoms with van der Waals surface area (Å²) in [5.41, 5.74) is 2.31. The maximum Gasteiger partial charge on any atom is 0.257 e. The van der Waals surface area contributed by atoms with Crippen LogP contribution in [0.3, 0.4) is 0 Å². The van der Waals surface area contributed by atoms with Gasteiger partial charge in [-0.2, -0.15) is 5.10 Å². The van der Waals surface area contributed by atoms with Crippen molar-refractivity contribution in [2.24, 2.45) is 11.8 Å². The Balaban J connectivity index is 1.57. The lowest BCUT2D eigenvalue weighted by Crippen LogP contribution is -2.46. The number of rotatable bonds is 4. The van der Waals surface area contributed by atoms with E-state index in [-0.39, 0.29) is 5.91 Å². The van der Waals surface area contributed by atoms with Gasteiger partial charge in [0, 0.05) is 44.5 Å². The van der Waals surface area contributed by atoms with Gasteiger partial charge in [-0.25, -0.2) is 9.50 Å². The van der Waals surface area contributed by atoms with Gasteiger partial charge in [-0.1, -0.05) is 13.8 Å². The molecule has 0 N–H and O–H groups in total. The molecule has 1 atom stereocenters. The highest BCUT2D eigenvalue weighted by atomic mass is 16.2. The van der Waals surface area contributed by atoms with Gasteiger partial charge in [0.25, 0.3) is 5.91 Å². The maximum atomic E-state index is 13.3. The van der Waals surface area contributed by atoms with Crippen LogP contribution in [-0.2, 0) is 0 Å². The molecule has 1 aliphatic carbocycles. The molecule has 2 aromatic rings. The van der Waals surface area contributed by atoms with Gasteiger partial charge < -0.3 is 4.90 Å². The number of fused-ring (bicyclic) bond motifs is 1. The number of carbonyl (C=O) groups is 1. The van der Waals surface area contributed by atoms with E-state index in [1.54, 1.807) is 16.9 Å². The molecule has 3 heterocycles. The summed E-state index contributed by atoms with van der Waals surface area (Å²) in [6.45, 7) is 10.4. The van der Waals surface area contributed by atoms with Crippen LogP contribution < -0.4 is 0 Å². The average molecular weight is 355 g/mol. The minimum Gasteiger partial charge on any atom is -0.337 e. The van der Waals surface area contributed by atoms with Crippen LogP contribution >= 0.6 is 0 Å². The predicted molar refractivity (Wildman–Crippen MR) is 101 cm³/mol. The third-order valence-electron chi connectivity index (χ3n) is 5.88. The van der Waals surface area contributed by atoms with Crippen molar-refractivity contribution in [1.29, 1.82) is 0 Å². The van der Waals surface area contributed by atoms with E-state index in [1.165, 1.54) is 19.4 Å². The largest absolute Gasteiger partial charge is 0.337 e. The second-order valence-electron chi connectivity index (χ2n) is 8.21. The Morgan fingerprint density at radius 2 is 2.12 bits per heavy atom. The normalized spacial score (nSPS) is 22.2. The molecule has 1 amide bonds. The lowest BCUT2D eigenvalue weighted by atomic mass is 10.0. The van der Waals surface area contributed by atoms with E-state index in [0.29, 0.717) is 17.5 Å². The summed E-state index contributed by atoms with van der Waals surface area (Å²) in [5.74, 6) is 1.51. The molecule has 0 bridgehead atoms. The van der Waals surface area contributed by atoms with Gasteiger partial charge in [-0.05, 0) is 38.0 Å². The van der Waals surface area contributed by atoms with Crippen LogP contribution in [0.15, 0.2) is 18.5 Å². The number of hydrogen-bond donors (Lipinski definition) is 0. The number of nitrogens with zero attached hydrogens (tertiary/aromatic N) is 5. The standard InChI is InChI=1S/C20H29N5O/c1-14(2)18-13-24(10-4-9-23(18)12-16-5-6-16)20(26)17-11-21-19-7-8-22-25(19)15(17)3/h7-8,11,14,16,18H,4-6,9-10,12-13H2,1-3H3/t18-/m1/s1. The van der Waals surface area contributed by atoms with E-state index in [2.05, 4.69) is 28.8 Å². The Bertz CT molecular complexity index is 795. The zero-order chi connectivity index (χ0) is 18.3. The quantitative estimate of drug-likeness (QED) is 0.846. The van der Waals surface area contributed by atoms with Crippen LogP contribution in [0, 0.1) is 18.8 Å². The molecule has 0 aromatic carbocycles. The minimum atomic E-state index is 0.0892. The number of aromatic nitrogens is 3. The van der Waals surface area contributed by atoms with E-state index in [9.17, 15) is 4.79 Å². The zero-order valence-corrected chi connectivity index (χ0v) is 16.1. The van der Waals surface area contributed by atoms with E-state index < -0.39 is 0 Å². The van der Waals surface area contributed by atoms with Crippen molar-refractivity contribution in [3.05, 3.63) is 29.7 Å². The monoisotopic (exact) mass is 355 g/mol. The van der Waals surface area contributed by atoms with Crippen molar-refractivity contribution in [2.75, 3.05) is 26.2 Å². The zero-order valence-electron chi connectivity index (χ0n) is 16.1. The van der Waals surface area contributed by atoms with Crippen LogP contribution in [0.2, 0.25) is 0 Å². The molecule has 0 radical (unpaired) electrons. The Kier molecular flexibility index (Phi) is 4.69. The third kappa shape index (κ3) is 3.34. The molecule has 0 spiro atoms. The highest BCUT2D eigenvalue weighted by molar-refractivity contribution is 5.95. The van der Waals surface area contributed by atoms with Crippen LogP contribution in [0.25, 0.3) is 5.65 Å². The molecule has 6 nitrogen and oxygen atoms in total. The molecule has 0 unspecified atom stereocenters. The molecule has 2 aromatic heterocycles. The minimum absolute atomic E-state index is 0.0892. The Labute approximate surface area is 155 Å². The fourth-order valence-electron chi connectivity index (χ4n) is 4.11. The fourth-order valence-corrected chi connectivity index (χ4v) is 4.11. The Morgan fingerprint density at radius 1 is 1.31 bits per heavy atom. The number of aryl methyl sites for hydroxylation is 1. The van der Waals surface area contributed by atoms with Crippen molar-refractivity contribution in [1.82, 2.24) is 24.4 Å². The molecular formula is C20H29N5O. The van der Waals surface area contributed by atoms with E-state index in [1.807, 2.05) is 17.9 Å². The smallest absolute Gasteiger partial charge is 0.257 e. The highest BCUT2D eigenvalue weighted by Gasteiger charge is 2.34. The summed E-state index contributed by atoms with van der Waals surface area (Å²) in [6, 6.07) is 2.29. The first kappa shape index (κ1) is 17.5. The first-order chi connectivity index (χ1) is 12.5. The van der Waals surface area contributed by atoms with Crippen molar-refractivity contribution >= 4 is 11.6 Å². The molecule has 1 aliphatic heterocycles. The van der Waals surface area contributed by atoms with Crippen molar-refractivity contribution < 1.29 is 4.79 Å². The predicted octanol–water partition coefficient (Wildman–Crippen LogP) is 2.62. The average Bonchev–Trinajstić information content (AvgIpc) is 3.34. The second-order valence-corrected chi connectivity index (χ2v) is 8.21. The third-order valence-corrected chi connectivity index (χ3v) is 5.88. The first-order valence-corrected chi connectivity index (χ1v) is 9.87. The molecule has 140 valence electrons. The molecule has 2 aliphatic rings. The SMILES string of the molecule is Cc1c(C(=O)N2CCCN(CC3CC3)[C@@H](C(C)C)C2)cnc2ccnn12. The summed E-state index contributed by atoms with van der Waals surface area (Å²) in [7, 11) is 0. The lowest BCUT2D eigenvalue weighted by Gasteiger charge is -2.34. The summed E-state index contributed by atoms with van der Waals surface area (Å²) in [6.07, 6.45) is 7.22. The Morgan fingerprint density at radius 3 is 2.85 bits per heavy atom. The summed E-state index contributed by atoms with van der Waals surface area (Å²) >= 11 is 0. The summed E-state index contributed by atoms with van der Waals surface area (Å²) < 4.78 is 1.75. The highest BCUT2D eigenvalue weighted by Crippen LogP contribution is 2.32. The fraction of sp³-hybridized carbons (Fsp3) is 0.650. The van der Waals surface area contributed by atoms with Crippen LogP contribution in [0.4, 0.5) is 0 Å². The van der Waals surface area contributed by atoms with Gasteiger partial charge >= 0.3 is 0 Å². The van der Waals surface area contributed by atoms with Gasteiger partial charge in [0.05, 0.1) is 17.5 Å². The van der Waals surface area contributed by atoms with Gasteiger partial charge in [0.1, 0.15) is 0 Å². The first-order valence-electron chi connectivity index (χ1n) is 9.87. The van der Waals surface area contributed by atoms with E-state index >= 15 is 0 Å². The van der Waals surface area contributed by atoms with Crippen LogP contribution in [0.1, 0.15) is 49.2 Å². The van der Waals surface area contributed by atoms with Crippen LogP contribution in [0.5, 0.6) is 0 Å². The van der Waals surface area contributed by atoms with Gasteiger partial charge in [-0.15, -0.1) is 0 Å². The van der Waals surface area contributed by atoms with E-state index in [0.717, 1.165) is 43.3 Å². The van der Waals surface area contributed by atoms with Crippen molar-refractivity contribution in [3.8, 4) is 0 Å². The van der Waals surface area contributed by atoms with Gasteiger partial charge in [0.15, 0.2) is 5.65 Å². The van der Waals surface area contributed by atoms with Crippen molar-refractivity contribution in [2.45, 2.75) is 46.1 Å². The van der Waals surface area contributed by atoms with Crippen molar-refractivity contribution in [3.63, 3.8) is 0 Å². The number of carbonyl (C=O) groups excluding carboxylic acids is 1. The molecular weight excluding hydrogens is 326 g/mol. The van der Waals surface area contributed by atoms with Crippen LogP contribution in [-0.4, -0.2) is 62.5 Å². The van der Waals surface area contributed by atoms with E-state index in [4.69, 9.17) is 0 Å².